The van der Waals surface area contributed by atoms with Gasteiger partial charge in [0.05, 0.1) is 17.2 Å². The van der Waals surface area contributed by atoms with E-state index in [-0.39, 0.29) is 51.5 Å². The number of hydrogen-bond donors (Lipinski definition) is 1. The number of aldehydes is 1. The van der Waals surface area contributed by atoms with Crippen molar-refractivity contribution in [3.05, 3.63) is 57.6 Å². The van der Waals surface area contributed by atoms with E-state index in [0.717, 1.165) is 6.20 Å². The number of hydrogen-bond acceptors (Lipinski definition) is 6. The van der Waals surface area contributed by atoms with Crippen LogP contribution in [0.2, 0.25) is 10.2 Å². The van der Waals surface area contributed by atoms with E-state index in [1.54, 1.807) is 19.1 Å². The van der Waals surface area contributed by atoms with E-state index < -0.39 is 36.7 Å². The molecule has 1 N–H and O–H groups in total. The van der Waals surface area contributed by atoms with Gasteiger partial charge in [-0.25, -0.2) is 23.7 Å². The van der Waals surface area contributed by atoms with Gasteiger partial charge < -0.3 is 10.2 Å². The molecule has 4 aromatic rings. The van der Waals surface area contributed by atoms with Crippen molar-refractivity contribution in [2.45, 2.75) is 37.9 Å². The van der Waals surface area contributed by atoms with Gasteiger partial charge in [-0.15, -0.1) is 0 Å². The predicted octanol–water partition coefficient (Wildman–Crippen LogP) is 6.82. The first kappa shape index (κ1) is 26.4. The zero-order chi connectivity index (χ0) is 27.4. The number of benzene rings is 1. The predicted molar refractivity (Wildman–Crippen MR) is 134 cm³/mol. The lowest BCUT2D eigenvalue weighted by Gasteiger charge is -2.33. The molecule has 1 fully saturated rings. The van der Waals surface area contributed by atoms with Gasteiger partial charge in [0.25, 0.3) is 5.92 Å². The van der Waals surface area contributed by atoms with E-state index in [1.165, 1.54) is 21.4 Å². The van der Waals surface area contributed by atoms with Crippen LogP contribution in [0.15, 0.2) is 30.5 Å². The molecule has 38 heavy (non-hydrogen) atoms. The zero-order valence-electron chi connectivity index (χ0n) is 19.7. The number of carbonyl (C=O) groups excluding carboxylic acids is 1. The van der Waals surface area contributed by atoms with Crippen molar-refractivity contribution in [2.24, 2.45) is 0 Å². The molecule has 0 saturated carbocycles. The maximum atomic E-state index is 13.9. The van der Waals surface area contributed by atoms with Crippen molar-refractivity contribution in [1.29, 1.82) is 0 Å². The molecular formula is C24H19Cl2F5N6O. The van der Waals surface area contributed by atoms with E-state index in [4.69, 9.17) is 23.2 Å². The van der Waals surface area contributed by atoms with E-state index in [9.17, 15) is 26.7 Å². The summed E-state index contributed by atoms with van der Waals surface area (Å²) in [5, 5.41) is 3.73. The summed E-state index contributed by atoms with van der Waals surface area (Å²) in [7, 11) is 0. The van der Waals surface area contributed by atoms with Crippen molar-refractivity contribution in [2.75, 3.05) is 23.3 Å². The second-order valence-corrected chi connectivity index (χ2v) is 9.84. The first-order valence-electron chi connectivity index (χ1n) is 11.5. The van der Waals surface area contributed by atoms with E-state index in [1.807, 2.05) is 0 Å². The van der Waals surface area contributed by atoms with Gasteiger partial charge >= 0.3 is 6.18 Å². The fourth-order valence-corrected chi connectivity index (χ4v) is 4.87. The molecule has 1 unspecified atom stereocenters. The van der Waals surface area contributed by atoms with E-state index in [2.05, 4.69) is 20.3 Å². The summed E-state index contributed by atoms with van der Waals surface area (Å²) in [6.07, 6.45) is -4.32. The second kappa shape index (κ2) is 9.49. The number of aromatic nitrogens is 4. The molecule has 0 radical (unpaired) electrons. The molecule has 1 aromatic carbocycles. The average molecular weight is 573 g/mol. The molecule has 1 aliphatic heterocycles. The highest BCUT2D eigenvalue weighted by molar-refractivity contribution is 6.31. The Morgan fingerprint density at radius 2 is 1.82 bits per heavy atom. The molecule has 7 nitrogen and oxygen atoms in total. The van der Waals surface area contributed by atoms with Crippen LogP contribution in [0.3, 0.4) is 0 Å². The summed E-state index contributed by atoms with van der Waals surface area (Å²) >= 11 is 12.3. The lowest BCUT2D eigenvalue weighted by atomic mass is 10.0. The number of nitrogens with zero attached hydrogens (tertiary/aromatic N) is 5. The molecule has 0 amide bonds. The van der Waals surface area contributed by atoms with Crippen molar-refractivity contribution >= 4 is 57.7 Å². The SMILES string of the molecule is CC(Nc1ccc(Cl)nc1C=O)c1cc(Cl)cc2c1nc(N1CCC(F)(F)CC1)n1cc(C(F)(F)F)nc21. The number of halogens is 7. The number of anilines is 2. The standard InChI is InChI=1S/C24H19Cl2F5N6O/c1-12(32-16-2-3-19(26)33-17(16)11-38)14-8-13(25)9-15-20(14)35-22(36-6-4-23(27,28)5-7-36)37-10-18(24(29,30)31)34-21(15)37/h2-3,8-12,32H,4-7H2,1H3. The Bertz CT molecular complexity index is 1550. The topological polar surface area (TPSA) is 75.4 Å². The third-order valence-electron chi connectivity index (χ3n) is 6.39. The summed E-state index contributed by atoms with van der Waals surface area (Å²) in [6, 6.07) is 5.55. The maximum absolute atomic E-state index is 13.9. The third-order valence-corrected chi connectivity index (χ3v) is 6.82. The largest absolute Gasteiger partial charge is 0.434 e. The highest BCUT2D eigenvalue weighted by Crippen LogP contribution is 2.38. The molecular weight excluding hydrogens is 554 g/mol. The Morgan fingerprint density at radius 3 is 2.47 bits per heavy atom. The van der Waals surface area contributed by atoms with Crippen LogP contribution in [0.1, 0.15) is 47.6 Å². The Morgan fingerprint density at radius 1 is 1.11 bits per heavy atom. The Hall–Kier alpha value is -3.25. The van der Waals surface area contributed by atoms with Crippen LogP contribution >= 0.6 is 23.2 Å². The van der Waals surface area contributed by atoms with E-state index in [0.29, 0.717) is 17.5 Å². The average Bonchev–Trinajstić information content (AvgIpc) is 3.31. The highest BCUT2D eigenvalue weighted by Gasteiger charge is 2.37. The summed E-state index contributed by atoms with van der Waals surface area (Å²) in [6.45, 7) is 1.54. The molecule has 4 heterocycles. The van der Waals surface area contributed by atoms with Crippen LogP contribution in [0.25, 0.3) is 16.6 Å². The lowest BCUT2D eigenvalue weighted by molar-refractivity contribution is -0.140. The number of pyridine rings is 1. The summed E-state index contributed by atoms with van der Waals surface area (Å²) in [4.78, 5) is 25.5. The van der Waals surface area contributed by atoms with Gasteiger partial charge in [-0.05, 0) is 31.2 Å². The van der Waals surface area contributed by atoms with Crippen molar-refractivity contribution < 1.29 is 26.7 Å². The smallest absolute Gasteiger partial charge is 0.377 e. The van der Waals surface area contributed by atoms with Crippen LogP contribution in [-0.2, 0) is 6.18 Å². The van der Waals surface area contributed by atoms with Crippen molar-refractivity contribution in [3.8, 4) is 0 Å². The molecule has 200 valence electrons. The maximum Gasteiger partial charge on any atom is 0.434 e. The van der Waals surface area contributed by atoms with Gasteiger partial charge in [-0.3, -0.25) is 9.20 Å². The van der Waals surface area contributed by atoms with Gasteiger partial charge in [0, 0.05) is 48.1 Å². The summed E-state index contributed by atoms with van der Waals surface area (Å²) < 4.78 is 69.8. The molecule has 1 saturated heterocycles. The van der Waals surface area contributed by atoms with Crippen LogP contribution < -0.4 is 10.2 Å². The van der Waals surface area contributed by atoms with Crippen molar-refractivity contribution in [1.82, 2.24) is 19.4 Å². The van der Waals surface area contributed by atoms with Crippen molar-refractivity contribution in [3.63, 3.8) is 0 Å². The molecule has 1 atom stereocenters. The number of rotatable bonds is 5. The fourth-order valence-electron chi connectivity index (χ4n) is 4.49. The minimum atomic E-state index is -4.74. The molecule has 5 rings (SSSR count). The summed E-state index contributed by atoms with van der Waals surface area (Å²) in [5.74, 6) is -2.80. The molecule has 0 aliphatic carbocycles. The van der Waals surface area contributed by atoms with Gasteiger partial charge in [-0.1, -0.05) is 23.2 Å². The quantitative estimate of drug-likeness (QED) is 0.160. The number of carbonyl (C=O) groups is 1. The molecule has 0 spiro atoms. The molecule has 14 heteroatoms. The fraction of sp³-hybridized carbons (Fsp3) is 0.333. The Labute approximate surface area is 222 Å². The number of alkyl halides is 5. The van der Waals surface area contributed by atoms with Crippen LogP contribution in [-0.4, -0.2) is 44.7 Å². The first-order valence-corrected chi connectivity index (χ1v) is 12.2. The van der Waals surface area contributed by atoms with Crippen LogP contribution in [0, 0.1) is 0 Å². The number of fused-ring (bicyclic) bond motifs is 3. The molecule has 3 aromatic heterocycles. The van der Waals surface area contributed by atoms with Gasteiger partial charge in [0.15, 0.2) is 12.0 Å². The summed E-state index contributed by atoms with van der Waals surface area (Å²) in [5.41, 5.74) is -0.0165. The number of nitrogens with one attached hydrogen (secondary N) is 1. The third kappa shape index (κ3) is 4.94. The number of piperidine rings is 1. The van der Waals surface area contributed by atoms with Gasteiger partial charge in [0.1, 0.15) is 16.5 Å². The normalized spacial score (nSPS) is 16.7. The first-order chi connectivity index (χ1) is 17.9. The van der Waals surface area contributed by atoms with Gasteiger partial charge in [0.2, 0.25) is 5.95 Å². The molecule has 1 aliphatic rings. The minimum absolute atomic E-state index is 0.0588. The highest BCUT2D eigenvalue weighted by atomic mass is 35.5. The monoisotopic (exact) mass is 572 g/mol. The van der Waals surface area contributed by atoms with Gasteiger partial charge in [-0.2, -0.15) is 13.2 Å². The zero-order valence-corrected chi connectivity index (χ0v) is 21.2. The van der Waals surface area contributed by atoms with E-state index >= 15 is 0 Å². The number of imidazole rings is 1. The second-order valence-electron chi connectivity index (χ2n) is 9.01. The lowest BCUT2D eigenvalue weighted by Crippen LogP contribution is -2.40. The van der Waals surface area contributed by atoms with Crippen LogP contribution in [0.5, 0.6) is 0 Å². The minimum Gasteiger partial charge on any atom is -0.377 e. The molecule has 0 bridgehead atoms. The Balaban J connectivity index is 1.69. The Kier molecular flexibility index (Phi) is 6.59. The van der Waals surface area contributed by atoms with Crippen LogP contribution in [0.4, 0.5) is 33.6 Å².